The van der Waals surface area contributed by atoms with Crippen molar-refractivity contribution in [2.45, 2.75) is 6.61 Å². The highest BCUT2D eigenvalue weighted by Crippen LogP contribution is 2.15. The van der Waals surface area contributed by atoms with Crippen LogP contribution in [0.4, 0.5) is 5.82 Å². The molecule has 1 heterocycles. The number of anilines is 1. The molecule has 0 radical (unpaired) electrons. The van der Waals surface area contributed by atoms with Gasteiger partial charge in [-0.3, -0.25) is 0 Å². The van der Waals surface area contributed by atoms with Crippen LogP contribution < -0.4 is 4.90 Å². The van der Waals surface area contributed by atoms with Crippen molar-refractivity contribution in [3.8, 4) is 0 Å². The Morgan fingerprint density at radius 3 is 2.53 bits per heavy atom. The zero-order valence-corrected chi connectivity index (χ0v) is 11.5. The molecule has 0 saturated heterocycles. The summed E-state index contributed by atoms with van der Waals surface area (Å²) in [5.41, 5.74) is 0. The van der Waals surface area contributed by atoms with Crippen molar-refractivity contribution < 1.29 is 4.74 Å². The van der Waals surface area contributed by atoms with Gasteiger partial charge in [0.15, 0.2) is 5.82 Å². The highest BCUT2D eigenvalue weighted by Gasteiger charge is 2.07. The van der Waals surface area contributed by atoms with Crippen LogP contribution in [0, 0.1) is 0 Å². The topological polar surface area (TPSA) is 41.5 Å². The summed E-state index contributed by atoms with van der Waals surface area (Å²) in [5, 5.41) is 0.443. The molecule has 17 heavy (non-hydrogen) atoms. The third-order valence-electron chi connectivity index (χ3n) is 2.27. The third kappa shape index (κ3) is 4.85. The van der Waals surface area contributed by atoms with E-state index in [1.165, 1.54) is 0 Å². The Hall–Kier alpha value is -0.910. The zero-order valence-electron chi connectivity index (χ0n) is 10.8. The fourth-order valence-electron chi connectivity index (χ4n) is 1.31. The van der Waals surface area contributed by atoms with Crippen LogP contribution >= 0.6 is 11.6 Å². The van der Waals surface area contributed by atoms with Crippen molar-refractivity contribution in [2.24, 2.45) is 0 Å². The molecule has 0 spiro atoms. The predicted molar refractivity (Wildman–Crippen MR) is 69.6 cm³/mol. The largest absolute Gasteiger partial charge is 0.377 e. The van der Waals surface area contributed by atoms with Gasteiger partial charge in [-0.25, -0.2) is 9.97 Å². The standard InChI is InChI=1S/C11H19ClN4O/c1-15(2)5-6-16(3)11-7-9(12)13-10(14-11)8-17-4/h7H,5-6,8H2,1-4H3. The monoisotopic (exact) mass is 258 g/mol. The van der Waals surface area contributed by atoms with Gasteiger partial charge in [-0.15, -0.1) is 0 Å². The molecule has 1 aromatic rings. The lowest BCUT2D eigenvalue weighted by Crippen LogP contribution is -2.29. The van der Waals surface area contributed by atoms with E-state index in [0.717, 1.165) is 18.9 Å². The van der Waals surface area contributed by atoms with E-state index in [1.807, 2.05) is 26.0 Å². The van der Waals surface area contributed by atoms with E-state index in [2.05, 4.69) is 14.9 Å². The van der Waals surface area contributed by atoms with Gasteiger partial charge in [0.25, 0.3) is 0 Å². The Morgan fingerprint density at radius 2 is 1.94 bits per heavy atom. The highest BCUT2D eigenvalue weighted by molar-refractivity contribution is 6.29. The van der Waals surface area contributed by atoms with E-state index in [9.17, 15) is 0 Å². The summed E-state index contributed by atoms with van der Waals surface area (Å²) in [6, 6.07) is 1.76. The number of nitrogens with zero attached hydrogens (tertiary/aromatic N) is 4. The molecule has 0 saturated carbocycles. The first-order chi connectivity index (χ1) is 8.02. The summed E-state index contributed by atoms with van der Waals surface area (Å²) in [7, 11) is 7.67. The SMILES string of the molecule is COCc1nc(Cl)cc(N(C)CCN(C)C)n1. The minimum absolute atomic E-state index is 0.370. The Labute approximate surface area is 107 Å². The average molecular weight is 259 g/mol. The molecule has 0 aromatic carbocycles. The Kier molecular flexibility index (Phi) is 5.61. The van der Waals surface area contributed by atoms with E-state index in [4.69, 9.17) is 16.3 Å². The number of ether oxygens (including phenoxy) is 1. The van der Waals surface area contributed by atoms with E-state index >= 15 is 0 Å². The van der Waals surface area contributed by atoms with Gasteiger partial charge in [-0.1, -0.05) is 11.6 Å². The van der Waals surface area contributed by atoms with Crippen molar-refractivity contribution >= 4 is 17.4 Å². The molecule has 0 aliphatic carbocycles. The molecule has 0 unspecified atom stereocenters. The van der Waals surface area contributed by atoms with Crippen LogP contribution in [-0.2, 0) is 11.3 Å². The zero-order chi connectivity index (χ0) is 12.8. The smallest absolute Gasteiger partial charge is 0.158 e. The molecule has 0 bridgehead atoms. The van der Waals surface area contributed by atoms with Crippen LogP contribution in [0.25, 0.3) is 0 Å². The number of halogens is 1. The van der Waals surface area contributed by atoms with Gasteiger partial charge in [0.1, 0.15) is 17.6 Å². The maximum Gasteiger partial charge on any atom is 0.158 e. The molecule has 0 aliphatic heterocycles. The summed E-state index contributed by atoms with van der Waals surface area (Å²) >= 11 is 5.95. The summed E-state index contributed by atoms with van der Waals surface area (Å²) < 4.78 is 5.01. The van der Waals surface area contributed by atoms with Crippen LogP contribution in [0.3, 0.4) is 0 Å². The number of rotatable bonds is 6. The maximum atomic E-state index is 5.95. The average Bonchev–Trinajstić information content (AvgIpc) is 2.25. The highest BCUT2D eigenvalue weighted by atomic mass is 35.5. The Morgan fingerprint density at radius 1 is 1.24 bits per heavy atom. The first-order valence-corrected chi connectivity index (χ1v) is 5.79. The molecule has 1 aromatic heterocycles. The second kappa shape index (κ2) is 6.74. The van der Waals surface area contributed by atoms with Crippen molar-refractivity contribution in [1.82, 2.24) is 14.9 Å². The molecule has 0 amide bonds. The van der Waals surface area contributed by atoms with Crippen molar-refractivity contribution in [1.29, 1.82) is 0 Å². The lowest BCUT2D eigenvalue weighted by atomic mass is 10.4. The van der Waals surface area contributed by atoms with Gasteiger partial charge >= 0.3 is 0 Å². The number of aromatic nitrogens is 2. The minimum atomic E-state index is 0.370. The summed E-state index contributed by atoms with van der Waals surface area (Å²) in [4.78, 5) is 12.7. The normalized spacial score (nSPS) is 10.9. The Balaban J connectivity index is 2.74. The summed E-state index contributed by atoms with van der Waals surface area (Å²) in [6.07, 6.45) is 0. The van der Waals surface area contributed by atoms with E-state index in [1.54, 1.807) is 13.2 Å². The van der Waals surface area contributed by atoms with Crippen molar-refractivity contribution in [2.75, 3.05) is 46.2 Å². The number of hydrogen-bond donors (Lipinski definition) is 0. The van der Waals surface area contributed by atoms with Gasteiger partial charge < -0.3 is 14.5 Å². The second-order valence-corrected chi connectivity index (χ2v) is 4.51. The maximum absolute atomic E-state index is 5.95. The van der Waals surface area contributed by atoms with Crippen LogP contribution in [0.5, 0.6) is 0 Å². The lowest BCUT2D eigenvalue weighted by Gasteiger charge is -2.21. The number of hydrogen-bond acceptors (Lipinski definition) is 5. The van der Waals surface area contributed by atoms with Gasteiger partial charge in [0.2, 0.25) is 0 Å². The molecule has 96 valence electrons. The fourth-order valence-corrected chi connectivity index (χ4v) is 1.50. The van der Waals surface area contributed by atoms with E-state index in [0.29, 0.717) is 17.6 Å². The number of likely N-dealkylation sites (N-methyl/N-ethyl adjacent to an activating group) is 2. The molecule has 0 fully saturated rings. The van der Waals surface area contributed by atoms with Gasteiger partial charge in [-0.2, -0.15) is 0 Å². The van der Waals surface area contributed by atoms with Crippen LogP contribution in [0.1, 0.15) is 5.82 Å². The minimum Gasteiger partial charge on any atom is -0.377 e. The van der Waals surface area contributed by atoms with Crippen LogP contribution in [0.15, 0.2) is 6.07 Å². The van der Waals surface area contributed by atoms with E-state index < -0.39 is 0 Å². The van der Waals surface area contributed by atoms with Gasteiger partial charge in [0.05, 0.1) is 0 Å². The second-order valence-electron chi connectivity index (χ2n) is 4.12. The Bertz CT molecular complexity index is 359. The summed E-state index contributed by atoms with van der Waals surface area (Å²) in [5.74, 6) is 1.42. The molecule has 0 atom stereocenters. The number of methoxy groups -OCH3 is 1. The molecule has 5 nitrogen and oxygen atoms in total. The van der Waals surface area contributed by atoms with Crippen molar-refractivity contribution in [3.63, 3.8) is 0 Å². The first kappa shape index (κ1) is 14.2. The van der Waals surface area contributed by atoms with E-state index in [-0.39, 0.29) is 0 Å². The summed E-state index contributed by atoms with van der Waals surface area (Å²) in [6.45, 7) is 2.21. The molecule has 0 aliphatic rings. The first-order valence-electron chi connectivity index (χ1n) is 5.41. The fraction of sp³-hybridized carbons (Fsp3) is 0.636. The molecular formula is C11H19ClN4O. The van der Waals surface area contributed by atoms with Gasteiger partial charge in [0, 0.05) is 33.3 Å². The third-order valence-corrected chi connectivity index (χ3v) is 2.47. The molecular weight excluding hydrogens is 240 g/mol. The molecule has 6 heteroatoms. The molecule has 0 N–H and O–H groups in total. The van der Waals surface area contributed by atoms with Crippen molar-refractivity contribution in [3.05, 3.63) is 17.0 Å². The quantitative estimate of drug-likeness (QED) is 0.719. The lowest BCUT2D eigenvalue weighted by molar-refractivity contribution is 0.178. The van der Waals surface area contributed by atoms with Crippen LogP contribution in [0.2, 0.25) is 5.15 Å². The van der Waals surface area contributed by atoms with Gasteiger partial charge in [-0.05, 0) is 14.1 Å². The molecule has 1 rings (SSSR count). The predicted octanol–water partition coefficient (Wildman–Crippen LogP) is 1.27. The van der Waals surface area contributed by atoms with Crippen LogP contribution in [-0.4, -0.2) is 56.2 Å².